The summed E-state index contributed by atoms with van der Waals surface area (Å²) in [6.07, 6.45) is 1.22. The van der Waals surface area contributed by atoms with E-state index in [4.69, 9.17) is 4.98 Å². The van der Waals surface area contributed by atoms with Crippen LogP contribution in [0, 0.1) is 11.6 Å². The van der Waals surface area contributed by atoms with E-state index < -0.39 is 30.1 Å². The van der Waals surface area contributed by atoms with E-state index in [2.05, 4.69) is 4.74 Å². The molecule has 0 fully saturated rings. The van der Waals surface area contributed by atoms with Gasteiger partial charge in [0.1, 0.15) is 29.7 Å². The highest BCUT2D eigenvalue weighted by Gasteiger charge is 2.21. The van der Waals surface area contributed by atoms with Crippen LogP contribution >= 0.6 is 0 Å². The fraction of sp³-hybridized carbons (Fsp3) is 0.269. The number of halogens is 2. The zero-order valence-electron chi connectivity index (χ0n) is 19.2. The molecule has 1 atom stereocenters. The van der Waals surface area contributed by atoms with Crippen molar-refractivity contribution in [2.75, 3.05) is 7.11 Å². The van der Waals surface area contributed by atoms with E-state index >= 15 is 0 Å². The fourth-order valence-electron chi connectivity index (χ4n) is 3.49. The molecule has 0 aliphatic heterocycles. The van der Waals surface area contributed by atoms with Gasteiger partial charge < -0.3 is 14.4 Å². The number of hydrogen-bond acceptors (Lipinski definition) is 5. The summed E-state index contributed by atoms with van der Waals surface area (Å²) in [5, 5.41) is 10.4. The molecule has 34 heavy (non-hydrogen) atoms. The molecule has 1 heterocycles. The minimum absolute atomic E-state index is 0.0313. The smallest absolute Gasteiger partial charge is 0.313 e. The number of carbonyl (C=O) groups is 2. The lowest BCUT2D eigenvalue weighted by atomic mass is 10.0. The van der Waals surface area contributed by atoms with Crippen molar-refractivity contribution in [2.24, 2.45) is 0 Å². The van der Waals surface area contributed by atoms with Crippen LogP contribution in [-0.2, 0) is 14.3 Å². The molecule has 3 rings (SSSR count). The number of esters is 1. The van der Waals surface area contributed by atoms with E-state index in [-0.39, 0.29) is 18.2 Å². The van der Waals surface area contributed by atoms with Gasteiger partial charge in [-0.3, -0.25) is 9.59 Å². The second-order valence-corrected chi connectivity index (χ2v) is 8.11. The van der Waals surface area contributed by atoms with E-state index in [1.165, 1.54) is 37.5 Å². The van der Waals surface area contributed by atoms with E-state index in [1.54, 1.807) is 35.0 Å². The van der Waals surface area contributed by atoms with Crippen LogP contribution in [-0.4, -0.2) is 39.6 Å². The van der Waals surface area contributed by atoms with Crippen molar-refractivity contribution in [3.63, 3.8) is 0 Å². The van der Waals surface area contributed by atoms with E-state index in [1.807, 2.05) is 13.8 Å². The van der Waals surface area contributed by atoms with Crippen molar-refractivity contribution in [2.45, 2.75) is 38.7 Å². The van der Waals surface area contributed by atoms with Crippen molar-refractivity contribution in [1.82, 2.24) is 9.55 Å². The van der Waals surface area contributed by atoms with E-state index in [0.717, 1.165) is 0 Å². The molecule has 1 aromatic heterocycles. The average molecular weight is 469 g/mol. The first-order valence-corrected chi connectivity index (χ1v) is 10.8. The van der Waals surface area contributed by atoms with Crippen LogP contribution in [0.1, 0.15) is 38.4 Å². The summed E-state index contributed by atoms with van der Waals surface area (Å²) < 4.78 is 33.4. The van der Waals surface area contributed by atoms with Crippen LogP contribution in [0.15, 0.2) is 54.6 Å². The third kappa shape index (κ3) is 6.02. The van der Waals surface area contributed by atoms with Gasteiger partial charge in [-0.25, -0.2) is 13.8 Å². The summed E-state index contributed by atoms with van der Waals surface area (Å²) in [4.78, 5) is 28.0. The average Bonchev–Trinajstić information content (AvgIpc) is 3.18. The zero-order chi connectivity index (χ0) is 24.8. The topological polar surface area (TPSA) is 81.4 Å². The molecule has 8 heteroatoms. The molecule has 6 nitrogen and oxygen atoms in total. The monoisotopic (exact) mass is 468 g/mol. The number of imidazole rings is 1. The molecule has 0 aliphatic rings. The number of methoxy groups -OCH3 is 1. The minimum atomic E-state index is -1.14. The van der Waals surface area contributed by atoms with Crippen molar-refractivity contribution in [3.05, 3.63) is 72.1 Å². The second-order valence-electron chi connectivity index (χ2n) is 8.11. The van der Waals surface area contributed by atoms with Gasteiger partial charge in [0.2, 0.25) is 0 Å². The van der Waals surface area contributed by atoms with E-state index in [9.17, 15) is 23.5 Å². The number of rotatable bonds is 9. The first-order chi connectivity index (χ1) is 16.2. The van der Waals surface area contributed by atoms with Crippen molar-refractivity contribution < 1.29 is 28.2 Å². The lowest BCUT2D eigenvalue weighted by Gasteiger charge is -2.12. The van der Waals surface area contributed by atoms with Crippen molar-refractivity contribution in [3.8, 4) is 22.5 Å². The maximum Gasteiger partial charge on any atom is 0.313 e. The van der Waals surface area contributed by atoms with Gasteiger partial charge in [0.05, 0.1) is 24.6 Å². The highest BCUT2D eigenvalue weighted by molar-refractivity contribution is 5.95. The Bertz CT molecular complexity index is 1180. The molecule has 0 spiro atoms. The summed E-state index contributed by atoms with van der Waals surface area (Å²) in [5.74, 6) is -1.27. The van der Waals surface area contributed by atoms with Crippen LogP contribution in [0.4, 0.5) is 8.78 Å². The molecule has 0 unspecified atom stereocenters. The Morgan fingerprint density at radius 1 is 1.03 bits per heavy atom. The van der Waals surface area contributed by atoms with Gasteiger partial charge in [0.15, 0.2) is 0 Å². The highest BCUT2D eigenvalue weighted by Crippen LogP contribution is 2.35. The van der Waals surface area contributed by atoms with Gasteiger partial charge in [-0.05, 0) is 54.6 Å². The number of ketones is 1. The Balaban J connectivity index is 2.06. The van der Waals surface area contributed by atoms with Crippen molar-refractivity contribution >= 4 is 18.0 Å². The Morgan fingerprint density at radius 3 is 2.12 bits per heavy atom. The fourth-order valence-corrected chi connectivity index (χ4v) is 3.49. The predicted molar refractivity (Wildman–Crippen MR) is 125 cm³/mol. The molecule has 3 aromatic rings. The Labute approximate surface area is 196 Å². The number of nitrogens with zero attached hydrogens (tertiary/aromatic N) is 2. The van der Waals surface area contributed by atoms with Crippen molar-refractivity contribution in [1.29, 1.82) is 0 Å². The lowest BCUT2D eigenvalue weighted by Crippen LogP contribution is -2.15. The molecule has 0 saturated heterocycles. The van der Waals surface area contributed by atoms with Crippen LogP contribution in [0.2, 0.25) is 0 Å². The number of ether oxygens (including phenoxy) is 1. The number of carbonyl (C=O) groups excluding carboxylic acids is 2. The second kappa shape index (κ2) is 11.0. The number of Topliss-reactive ketones (excluding diaryl/α,β-unsaturated/α-hetero) is 1. The standard InChI is InChI=1S/C26H26F2N2O4/c1-16(2)26-29-24(17-4-8-19(27)9-5-17)25(18-6-10-20(28)11-7-18)30(26)13-12-21(31)14-22(32)15-23(33)34-3/h4-13,16,21,31H,14-15H2,1-3H3/b13-12+/t21-/m1/s1. The maximum atomic E-state index is 13.6. The van der Waals surface area contributed by atoms with Crippen LogP contribution in [0.3, 0.4) is 0 Å². The number of benzene rings is 2. The molecular formula is C26H26F2N2O4. The Hall–Kier alpha value is -3.65. The summed E-state index contributed by atoms with van der Waals surface area (Å²) in [5.41, 5.74) is 2.53. The summed E-state index contributed by atoms with van der Waals surface area (Å²) >= 11 is 0. The van der Waals surface area contributed by atoms with Crippen LogP contribution in [0.5, 0.6) is 0 Å². The third-order valence-electron chi connectivity index (χ3n) is 5.15. The van der Waals surface area contributed by atoms with Crippen LogP contribution < -0.4 is 0 Å². The summed E-state index contributed by atoms with van der Waals surface area (Å²) in [6.45, 7) is 3.90. The summed E-state index contributed by atoms with van der Waals surface area (Å²) in [6, 6.07) is 11.8. The largest absolute Gasteiger partial charge is 0.469 e. The number of aliphatic hydroxyl groups is 1. The van der Waals surface area contributed by atoms with Crippen LogP contribution in [0.25, 0.3) is 28.7 Å². The molecule has 0 aliphatic carbocycles. The molecule has 0 bridgehead atoms. The molecule has 0 amide bonds. The number of aromatic nitrogens is 2. The normalized spacial score (nSPS) is 12.3. The molecule has 0 radical (unpaired) electrons. The van der Waals surface area contributed by atoms with Gasteiger partial charge in [-0.2, -0.15) is 0 Å². The van der Waals surface area contributed by atoms with Gasteiger partial charge in [-0.15, -0.1) is 0 Å². The summed E-state index contributed by atoms with van der Waals surface area (Å²) in [7, 11) is 1.19. The van der Waals surface area contributed by atoms with Gasteiger partial charge in [0, 0.05) is 29.7 Å². The Kier molecular flexibility index (Phi) is 8.07. The number of aliphatic hydroxyl groups excluding tert-OH is 1. The number of hydrogen-bond donors (Lipinski definition) is 1. The maximum absolute atomic E-state index is 13.6. The van der Waals surface area contributed by atoms with Gasteiger partial charge in [-0.1, -0.05) is 13.8 Å². The molecule has 2 aromatic carbocycles. The SMILES string of the molecule is COC(=O)CC(=O)C[C@H](O)/C=C/n1c(C(C)C)nc(-c2ccc(F)cc2)c1-c1ccc(F)cc1. The highest BCUT2D eigenvalue weighted by atomic mass is 19.1. The predicted octanol–water partition coefficient (Wildman–Crippen LogP) is 4.97. The first kappa shape index (κ1) is 25.0. The first-order valence-electron chi connectivity index (χ1n) is 10.8. The minimum Gasteiger partial charge on any atom is -0.469 e. The molecular weight excluding hydrogens is 442 g/mol. The molecule has 0 saturated carbocycles. The Morgan fingerprint density at radius 2 is 1.59 bits per heavy atom. The van der Waals surface area contributed by atoms with E-state index in [0.29, 0.717) is 28.3 Å². The third-order valence-corrected chi connectivity index (χ3v) is 5.15. The van der Waals surface area contributed by atoms with Gasteiger partial charge >= 0.3 is 5.97 Å². The van der Waals surface area contributed by atoms with Gasteiger partial charge in [0.25, 0.3) is 0 Å². The lowest BCUT2D eigenvalue weighted by molar-refractivity contribution is -0.143. The zero-order valence-corrected chi connectivity index (χ0v) is 19.2. The molecule has 178 valence electrons. The molecule has 1 N–H and O–H groups in total. The quantitative estimate of drug-likeness (QED) is 0.354.